The van der Waals surface area contributed by atoms with E-state index in [0.717, 1.165) is 24.2 Å². The Bertz CT molecular complexity index is 377. The van der Waals surface area contributed by atoms with E-state index in [4.69, 9.17) is 0 Å². The van der Waals surface area contributed by atoms with Gasteiger partial charge < -0.3 is 0 Å². The number of aromatic nitrogens is 2. The number of nitrogens with zero attached hydrogens (tertiary/aromatic N) is 2. The zero-order valence-corrected chi connectivity index (χ0v) is 9.00. The Labute approximate surface area is 84.1 Å². The lowest BCUT2D eigenvalue weighted by molar-refractivity contribution is 0.0917. The highest BCUT2D eigenvalue weighted by molar-refractivity contribution is 5.76. The lowest BCUT2D eigenvalue weighted by Gasteiger charge is -2.01. The van der Waals surface area contributed by atoms with Gasteiger partial charge >= 0.3 is 0 Å². The van der Waals surface area contributed by atoms with Crippen molar-refractivity contribution in [1.29, 1.82) is 0 Å². The standard InChI is InChI=1S/C11H16N2O/c1-7(2)11-9-5-4-6-10(9)13(12-11)8(3)14/h7H,4-6H2,1-3H3. The van der Waals surface area contributed by atoms with Crippen LogP contribution >= 0.6 is 0 Å². The van der Waals surface area contributed by atoms with Crippen LogP contribution in [0.3, 0.4) is 0 Å². The molecule has 1 aromatic rings. The fourth-order valence-electron chi connectivity index (χ4n) is 2.19. The Kier molecular flexibility index (Phi) is 2.17. The minimum Gasteiger partial charge on any atom is -0.273 e. The zero-order valence-electron chi connectivity index (χ0n) is 9.00. The predicted molar refractivity (Wildman–Crippen MR) is 54.6 cm³/mol. The highest BCUT2D eigenvalue weighted by atomic mass is 16.2. The van der Waals surface area contributed by atoms with Crippen molar-refractivity contribution in [1.82, 2.24) is 9.78 Å². The molecule has 1 heterocycles. The first-order valence-electron chi connectivity index (χ1n) is 5.23. The summed E-state index contributed by atoms with van der Waals surface area (Å²) in [6.07, 6.45) is 3.27. The van der Waals surface area contributed by atoms with E-state index in [1.807, 2.05) is 0 Å². The van der Waals surface area contributed by atoms with Crippen LogP contribution in [0.15, 0.2) is 0 Å². The van der Waals surface area contributed by atoms with Crippen LogP contribution in [-0.4, -0.2) is 15.7 Å². The molecule has 1 aliphatic rings. The quantitative estimate of drug-likeness (QED) is 0.683. The Balaban J connectivity index is 2.55. The molecule has 0 bridgehead atoms. The first kappa shape index (κ1) is 9.44. The summed E-state index contributed by atoms with van der Waals surface area (Å²) in [5.74, 6) is 0.456. The molecule has 0 saturated carbocycles. The van der Waals surface area contributed by atoms with Crippen LogP contribution in [-0.2, 0) is 12.8 Å². The lowest BCUT2D eigenvalue weighted by atomic mass is 10.1. The highest BCUT2D eigenvalue weighted by Crippen LogP contribution is 2.29. The van der Waals surface area contributed by atoms with E-state index in [0.29, 0.717) is 5.92 Å². The number of hydrogen-bond donors (Lipinski definition) is 0. The van der Waals surface area contributed by atoms with E-state index >= 15 is 0 Å². The molecule has 76 valence electrons. The first-order valence-corrected chi connectivity index (χ1v) is 5.23. The second-order valence-electron chi connectivity index (χ2n) is 4.25. The van der Waals surface area contributed by atoms with Gasteiger partial charge in [-0.1, -0.05) is 13.8 Å². The van der Waals surface area contributed by atoms with Gasteiger partial charge in [-0.25, -0.2) is 4.68 Å². The van der Waals surface area contributed by atoms with Crippen molar-refractivity contribution in [3.8, 4) is 0 Å². The van der Waals surface area contributed by atoms with Crippen LogP contribution < -0.4 is 0 Å². The molecule has 0 N–H and O–H groups in total. The molecular weight excluding hydrogens is 176 g/mol. The molecule has 1 aliphatic carbocycles. The van der Waals surface area contributed by atoms with Crippen molar-refractivity contribution in [2.24, 2.45) is 0 Å². The number of rotatable bonds is 1. The largest absolute Gasteiger partial charge is 0.273 e. The van der Waals surface area contributed by atoms with Crippen molar-refractivity contribution in [3.05, 3.63) is 17.0 Å². The van der Waals surface area contributed by atoms with Gasteiger partial charge in [0.1, 0.15) is 0 Å². The Morgan fingerprint density at radius 3 is 2.71 bits per heavy atom. The molecule has 14 heavy (non-hydrogen) atoms. The van der Waals surface area contributed by atoms with Crippen LogP contribution in [0, 0.1) is 0 Å². The third kappa shape index (κ3) is 1.27. The molecule has 0 spiro atoms. The summed E-state index contributed by atoms with van der Waals surface area (Å²) in [7, 11) is 0. The smallest absolute Gasteiger partial charge is 0.243 e. The van der Waals surface area contributed by atoms with Crippen LogP contribution in [0.1, 0.15) is 54.9 Å². The van der Waals surface area contributed by atoms with Crippen LogP contribution in [0.4, 0.5) is 0 Å². The number of carbonyl (C=O) groups excluding carboxylic acids is 1. The molecule has 2 rings (SSSR count). The summed E-state index contributed by atoms with van der Waals surface area (Å²) in [5, 5.41) is 4.40. The predicted octanol–water partition coefficient (Wildman–Crippen LogP) is 2.16. The topological polar surface area (TPSA) is 34.9 Å². The van der Waals surface area contributed by atoms with E-state index in [2.05, 4.69) is 18.9 Å². The maximum absolute atomic E-state index is 11.3. The minimum absolute atomic E-state index is 0.0371. The average molecular weight is 192 g/mol. The summed E-state index contributed by atoms with van der Waals surface area (Å²) in [4.78, 5) is 11.3. The fourth-order valence-corrected chi connectivity index (χ4v) is 2.19. The van der Waals surface area contributed by atoms with Crippen LogP contribution in [0.2, 0.25) is 0 Å². The molecule has 1 aromatic heterocycles. The Morgan fingerprint density at radius 2 is 2.14 bits per heavy atom. The monoisotopic (exact) mass is 192 g/mol. The van der Waals surface area contributed by atoms with Crippen molar-refractivity contribution in [2.75, 3.05) is 0 Å². The van der Waals surface area contributed by atoms with Crippen molar-refractivity contribution in [3.63, 3.8) is 0 Å². The van der Waals surface area contributed by atoms with Gasteiger partial charge in [-0.2, -0.15) is 5.10 Å². The maximum atomic E-state index is 11.3. The number of carbonyl (C=O) groups is 1. The van der Waals surface area contributed by atoms with Crippen LogP contribution in [0.25, 0.3) is 0 Å². The van der Waals surface area contributed by atoms with E-state index in [-0.39, 0.29) is 5.91 Å². The van der Waals surface area contributed by atoms with Crippen molar-refractivity contribution in [2.45, 2.75) is 46.0 Å². The molecule has 0 amide bonds. The summed E-state index contributed by atoms with van der Waals surface area (Å²) >= 11 is 0. The van der Waals surface area contributed by atoms with Gasteiger partial charge in [-0.15, -0.1) is 0 Å². The van der Waals surface area contributed by atoms with Crippen molar-refractivity contribution >= 4 is 5.91 Å². The molecule has 0 saturated heterocycles. The number of fused-ring (bicyclic) bond motifs is 1. The molecule has 0 fully saturated rings. The van der Waals surface area contributed by atoms with Gasteiger partial charge in [0.2, 0.25) is 5.91 Å². The van der Waals surface area contributed by atoms with Gasteiger partial charge in [0, 0.05) is 6.92 Å². The molecular formula is C11H16N2O. The summed E-state index contributed by atoms with van der Waals surface area (Å²) < 4.78 is 1.59. The molecule has 3 nitrogen and oxygen atoms in total. The van der Waals surface area contributed by atoms with Gasteiger partial charge in [-0.05, 0) is 30.7 Å². The normalized spacial score (nSPS) is 14.9. The molecule has 0 aliphatic heterocycles. The third-order valence-corrected chi connectivity index (χ3v) is 2.81. The van der Waals surface area contributed by atoms with Crippen molar-refractivity contribution < 1.29 is 4.79 Å². The van der Waals surface area contributed by atoms with E-state index < -0.39 is 0 Å². The average Bonchev–Trinajstić information content (AvgIpc) is 2.59. The highest BCUT2D eigenvalue weighted by Gasteiger charge is 2.24. The van der Waals surface area contributed by atoms with E-state index in [9.17, 15) is 4.79 Å². The molecule has 3 heteroatoms. The zero-order chi connectivity index (χ0) is 10.3. The summed E-state index contributed by atoms with van der Waals surface area (Å²) in [5.41, 5.74) is 3.60. The van der Waals surface area contributed by atoms with E-state index in [1.54, 1.807) is 11.6 Å². The molecule has 0 radical (unpaired) electrons. The summed E-state index contributed by atoms with van der Waals surface area (Å²) in [6.45, 7) is 5.84. The van der Waals surface area contributed by atoms with E-state index in [1.165, 1.54) is 12.0 Å². The summed E-state index contributed by atoms with van der Waals surface area (Å²) in [6, 6.07) is 0. The fraction of sp³-hybridized carbons (Fsp3) is 0.636. The van der Waals surface area contributed by atoms with Crippen LogP contribution in [0.5, 0.6) is 0 Å². The minimum atomic E-state index is 0.0371. The maximum Gasteiger partial charge on any atom is 0.243 e. The Hall–Kier alpha value is -1.12. The van der Waals surface area contributed by atoms with Gasteiger partial charge in [-0.3, -0.25) is 4.79 Å². The van der Waals surface area contributed by atoms with Gasteiger partial charge in [0.15, 0.2) is 0 Å². The SMILES string of the molecule is CC(=O)n1nc(C(C)C)c2c1CCC2. The first-order chi connectivity index (χ1) is 6.61. The molecule has 0 aromatic carbocycles. The second-order valence-corrected chi connectivity index (χ2v) is 4.25. The lowest BCUT2D eigenvalue weighted by Crippen LogP contribution is -2.11. The van der Waals surface area contributed by atoms with Gasteiger partial charge in [0.05, 0.1) is 11.4 Å². The van der Waals surface area contributed by atoms with Gasteiger partial charge in [0.25, 0.3) is 0 Å². The second kappa shape index (κ2) is 3.23. The molecule has 0 unspecified atom stereocenters. The Morgan fingerprint density at radius 1 is 1.43 bits per heavy atom. The third-order valence-electron chi connectivity index (χ3n) is 2.81. The molecule has 0 atom stereocenters. The number of hydrogen-bond acceptors (Lipinski definition) is 2.